The number of nitrogens with one attached hydrogen (secondary N) is 2. The second kappa shape index (κ2) is 6.52. The molecule has 0 bridgehead atoms. The molecule has 22 heavy (non-hydrogen) atoms. The van der Waals surface area contributed by atoms with Gasteiger partial charge in [0.15, 0.2) is 0 Å². The summed E-state index contributed by atoms with van der Waals surface area (Å²) < 4.78 is 4.90. The van der Waals surface area contributed by atoms with Gasteiger partial charge in [-0.3, -0.25) is 9.89 Å². The monoisotopic (exact) mass is 302 g/mol. The van der Waals surface area contributed by atoms with Crippen molar-refractivity contribution in [1.82, 2.24) is 25.1 Å². The lowest BCUT2D eigenvalue weighted by Crippen LogP contribution is -2.38. The third-order valence-electron chi connectivity index (χ3n) is 3.62. The van der Waals surface area contributed by atoms with Gasteiger partial charge < -0.3 is 15.0 Å². The number of amides is 1. The Bertz CT molecular complexity index is 642. The number of carbonyl (C=O) groups is 1. The van der Waals surface area contributed by atoms with E-state index in [1.807, 2.05) is 0 Å². The van der Waals surface area contributed by atoms with E-state index in [1.54, 1.807) is 23.4 Å². The molecule has 2 N–H and O–H groups in total. The van der Waals surface area contributed by atoms with E-state index < -0.39 is 0 Å². The molecule has 0 atom stereocenters. The fraction of sp³-hybridized carbons (Fsp3) is 0.429. The Morgan fingerprint density at radius 3 is 3.05 bits per heavy atom. The number of fused-ring (bicyclic) bond motifs is 1. The maximum atomic E-state index is 11.9. The molecular weight excluding hydrogens is 284 g/mol. The van der Waals surface area contributed by atoms with Crippen LogP contribution in [0.3, 0.4) is 0 Å². The first-order valence-electron chi connectivity index (χ1n) is 7.10. The molecule has 8 heteroatoms. The molecule has 0 unspecified atom stereocenters. The van der Waals surface area contributed by atoms with Crippen LogP contribution in [0.15, 0.2) is 18.5 Å². The van der Waals surface area contributed by atoms with Crippen molar-refractivity contribution in [3.63, 3.8) is 0 Å². The van der Waals surface area contributed by atoms with E-state index in [0.29, 0.717) is 25.6 Å². The van der Waals surface area contributed by atoms with Crippen molar-refractivity contribution < 1.29 is 9.53 Å². The first-order valence-corrected chi connectivity index (χ1v) is 7.10. The fourth-order valence-corrected chi connectivity index (χ4v) is 2.51. The lowest BCUT2D eigenvalue weighted by Gasteiger charge is -2.26. The van der Waals surface area contributed by atoms with Gasteiger partial charge >= 0.3 is 0 Å². The van der Waals surface area contributed by atoms with Gasteiger partial charge in [0.2, 0.25) is 11.9 Å². The van der Waals surface area contributed by atoms with Crippen LogP contribution in [0.25, 0.3) is 0 Å². The largest absolute Gasteiger partial charge is 0.375 e. The Morgan fingerprint density at radius 2 is 2.27 bits per heavy atom. The third-order valence-corrected chi connectivity index (χ3v) is 3.62. The molecule has 116 valence electrons. The highest BCUT2D eigenvalue weighted by Crippen LogP contribution is 2.20. The van der Waals surface area contributed by atoms with Crippen LogP contribution in [-0.4, -0.2) is 51.2 Å². The first-order chi connectivity index (χ1) is 10.8. The van der Waals surface area contributed by atoms with Crippen LogP contribution < -0.4 is 5.32 Å². The van der Waals surface area contributed by atoms with E-state index >= 15 is 0 Å². The van der Waals surface area contributed by atoms with Crippen molar-refractivity contribution in [2.75, 3.05) is 25.6 Å². The molecule has 8 nitrogen and oxygen atoms in total. The molecule has 0 saturated carbocycles. The number of hydrogen-bond acceptors (Lipinski definition) is 6. The maximum Gasteiger partial charge on any atom is 0.248 e. The van der Waals surface area contributed by atoms with Gasteiger partial charge in [0.1, 0.15) is 6.61 Å². The van der Waals surface area contributed by atoms with E-state index in [-0.39, 0.29) is 12.5 Å². The van der Waals surface area contributed by atoms with Crippen molar-refractivity contribution in [2.24, 2.45) is 0 Å². The van der Waals surface area contributed by atoms with Crippen molar-refractivity contribution >= 4 is 11.9 Å². The van der Waals surface area contributed by atoms with E-state index in [4.69, 9.17) is 4.74 Å². The lowest BCUT2D eigenvalue weighted by atomic mass is 10.0. The Labute approximate surface area is 127 Å². The van der Waals surface area contributed by atoms with Crippen LogP contribution in [-0.2, 0) is 29.0 Å². The van der Waals surface area contributed by atoms with E-state index in [2.05, 4.69) is 25.5 Å². The maximum absolute atomic E-state index is 11.9. The summed E-state index contributed by atoms with van der Waals surface area (Å²) in [5.41, 5.74) is 3.10. The third kappa shape index (κ3) is 3.06. The van der Waals surface area contributed by atoms with Gasteiger partial charge in [0.25, 0.3) is 0 Å². The summed E-state index contributed by atoms with van der Waals surface area (Å²) in [6, 6.07) is 1.77. The standard InChI is InChI=1S/C14H18N6O2/c1-22-9-13(21)20-6-3-10-11(18-19-12(10)8-20)7-17-14-15-4-2-5-16-14/h2,4-5H,3,6-9H2,1H3,(H,18,19)(H,15,16,17). The molecule has 1 aliphatic heterocycles. The first kappa shape index (κ1) is 14.5. The minimum Gasteiger partial charge on any atom is -0.375 e. The summed E-state index contributed by atoms with van der Waals surface area (Å²) >= 11 is 0. The van der Waals surface area contributed by atoms with Gasteiger partial charge in [-0.2, -0.15) is 5.10 Å². The Balaban J connectivity index is 1.64. The van der Waals surface area contributed by atoms with Crippen molar-refractivity contribution in [3.8, 4) is 0 Å². The quantitative estimate of drug-likeness (QED) is 0.827. The minimum atomic E-state index is 0.000102. The van der Waals surface area contributed by atoms with Crippen LogP contribution in [0.5, 0.6) is 0 Å². The molecule has 2 aromatic rings. The molecule has 2 aromatic heterocycles. The van der Waals surface area contributed by atoms with E-state index in [1.165, 1.54) is 12.7 Å². The molecule has 1 aliphatic rings. The number of rotatable bonds is 5. The van der Waals surface area contributed by atoms with Gasteiger partial charge in [-0.1, -0.05) is 0 Å². The van der Waals surface area contributed by atoms with Crippen molar-refractivity contribution in [3.05, 3.63) is 35.4 Å². The Hall–Kier alpha value is -2.48. The predicted molar refractivity (Wildman–Crippen MR) is 78.9 cm³/mol. The number of carbonyl (C=O) groups excluding carboxylic acids is 1. The van der Waals surface area contributed by atoms with E-state index in [9.17, 15) is 4.79 Å². The van der Waals surface area contributed by atoms with Crippen molar-refractivity contribution in [1.29, 1.82) is 0 Å². The average molecular weight is 302 g/mol. The number of aromatic amines is 1. The normalized spacial score (nSPS) is 13.8. The van der Waals surface area contributed by atoms with E-state index in [0.717, 1.165) is 17.8 Å². The van der Waals surface area contributed by atoms with Gasteiger partial charge in [-0.25, -0.2) is 9.97 Å². The highest BCUT2D eigenvalue weighted by molar-refractivity contribution is 5.77. The molecule has 0 aromatic carbocycles. The molecule has 0 spiro atoms. The number of H-pyrrole nitrogens is 1. The van der Waals surface area contributed by atoms with Gasteiger partial charge in [0, 0.05) is 31.6 Å². The van der Waals surface area contributed by atoms with Gasteiger partial charge in [-0.15, -0.1) is 0 Å². The second-order valence-corrected chi connectivity index (χ2v) is 5.05. The topological polar surface area (TPSA) is 96.0 Å². The zero-order chi connectivity index (χ0) is 15.4. The minimum absolute atomic E-state index is 0.000102. The SMILES string of the molecule is COCC(=O)N1CCc2c(CNc3ncccn3)n[nH]c2C1. The smallest absolute Gasteiger partial charge is 0.248 e. The van der Waals surface area contributed by atoms with Gasteiger partial charge in [-0.05, 0) is 12.5 Å². The molecule has 0 fully saturated rings. The fourth-order valence-electron chi connectivity index (χ4n) is 2.51. The number of methoxy groups -OCH3 is 1. The van der Waals surface area contributed by atoms with Crippen LogP contribution in [0.2, 0.25) is 0 Å². The number of nitrogens with zero attached hydrogens (tertiary/aromatic N) is 4. The zero-order valence-electron chi connectivity index (χ0n) is 12.4. The van der Waals surface area contributed by atoms with Crippen LogP contribution in [0, 0.1) is 0 Å². The summed E-state index contributed by atoms with van der Waals surface area (Å²) in [7, 11) is 1.53. The summed E-state index contributed by atoms with van der Waals surface area (Å²) in [5, 5.41) is 10.5. The number of aromatic nitrogens is 4. The molecule has 0 radical (unpaired) electrons. The highest BCUT2D eigenvalue weighted by atomic mass is 16.5. The predicted octanol–water partition coefficient (Wildman–Crippen LogP) is 0.343. The molecular formula is C14H18N6O2. The summed E-state index contributed by atoms with van der Waals surface area (Å²) in [5.74, 6) is 0.576. The molecule has 0 aliphatic carbocycles. The van der Waals surface area contributed by atoms with Crippen LogP contribution >= 0.6 is 0 Å². The Morgan fingerprint density at radius 1 is 1.45 bits per heavy atom. The summed E-state index contributed by atoms with van der Waals surface area (Å²) in [6.07, 6.45) is 4.16. The number of hydrogen-bond donors (Lipinski definition) is 2. The molecule has 3 rings (SSSR count). The summed E-state index contributed by atoms with van der Waals surface area (Å²) in [4.78, 5) is 21.9. The van der Waals surface area contributed by atoms with Gasteiger partial charge in [0.05, 0.1) is 24.5 Å². The molecule has 0 saturated heterocycles. The molecule has 3 heterocycles. The van der Waals surface area contributed by atoms with Crippen LogP contribution in [0.4, 0.5) is 5.95 Å². The van der Waals surface area contributed by atoms with Crippen LogP contribution in [0.1, 0.15) is 17.0 Å². The molecule has 1 amide bonds. The summed E-state index contributed by atoms with van der Waals surface area (Å²) in [6.45, 7) is 1.90. The Kier molecular flexibility index (Phi) is 4.29. The average Bonchev–Trinajstić information content (AvgIpc) is 2.96. The lowest BCUT2D eigenvalue weighted by molar-refractivity contribution is -0.136. The number of ether oxygens (including phenoxy) is 1. The highest BCUT2D eigenvalue weighted by Gasteiger charge is 2.24. The zero-order valence-corrected chi connectivity index (χ0v) is 12.4. The van der Waals surface area contributed by atoms with Crippen molar-refractivity contribution in [2.45, 2.75) is 19.5 Å². The number of anilines is 1. The second-order valence-electron chi connectivity index (χ2n) is 5.05.